The maximum absolute atomic E-state index is 13.5. The van der Waals surface area contributed by atoms with Gasteiger partial charge in [0.25, 0.3) is 5.91 Å². The Morgan fingerprint density at radius 3 is 2.80 bits per heavy atom. The van der Waals surface area contributed by atoms with E-state index in [-0.39, 0.29) is 5.91 Å². The number of ether oxygens (including phenoxy) is 1. The molecule has 0 aliphatic carbocycles. The van der Waals surface area contributed by atoms with Crippen LogP contribution in [0.15, 0.2) is 53.1 Å². The van der Waals surface area contributed by atoms with Gasteiger partial charge in [0.1, 0.15) is 28.6 Å². The first kappa shape index (κ1) is 16.7. The van der Waals surface area contributed by atoms with E-state index in [1.807, 2.05) is 24.3 Å². The molecule has 0 aliphatic heterocycles. The van der Waals surface area contributed by atoms with Gasteiger partial charge in [-0.2, -0.15) is 0 Å². The average Bonchev–Trinajstić information content (AvgIpc) is 3.01. The molecular formula is C19H17FN2O3. The summed E-state index contributed by atoms with van der Waals surface area (Å²) in [5.74, 6) is 0.359. The van der Waals surface area contributed by atoms with Gasteiger partial charge >= 0.3 is 0 Å². The zero-order valence-electron chi connectivity index (χ0n) is 13.9. The molecule has 0 radical (unpaired) electrons. The van der Waals surface area contributed by atoms with Gasteiger partial charge < -0.3 is 14.6 Å². The van der Waals surface area contributed by atoms with Gasteiger partial charge in [-0.1, -0.05) is 29.4 Å². The smallest absolute Gasteiger partial charge is 0.257 e. The Labute approximate surface area is 144 Å². The monoisotopic (exact) mass is 340 g/mol. The fraction of sp³-hybridized carbons (Fsp3) is 0.158. The van der Waals surface area contributed by atoms with E-state index in [2.05, 4.69) is 10.5 Å². The summed E-state index contributed by atoms with van der Waals surface area (Å²) in [7, 11) is 1.59. The molecule has 0 bridgehead atoms. The van der Waals surface area contributed by atoms with E-state index in [1.165, 1.54) is 12.1 Å². The van der Waals surface area contributed by atoms with Gasteiger partial charge in [-0.3, -0.25) is 4.79 Å². The van der Waals surface area contributed by atoms with Crippen LogP contribution in [-0.4, -0.2) is 18.2 Å². The van der Waals surface area contributed by atoms with Crippen LogP contribution in [0.1, 0.15) is 21.7 Å². The first-order valence-corrected chi connectivity index (χ1v) is 7.72. The van der Waals surface area contributed by atoms with Gasteiger partial charge in [0.15, 0.2) is 0 Å². The first-order chi connectivity index (χ1) is 12.1. The largest absolute Gasteiger partial charge is 0.497 e. The lowest BCUT2D eigenvalue weighted by Crippen LogP contribution is -2.23. The lowest BCUT2D eigenvalue weighted by molar-refractivity contribution is 0.0950. The Balaban J connectivity index is 1.81. The number of nitrogens with one attached hydrogen (secondary N) is 1. The van der Waals surface area contributed by atoms with Crippen molar-refractivity contribution in [2.45, 2.75) is 13.5 Å². The number of rotatable bonds is 5. The molecule has 6 heteroatoms. The molecule has 25 heavy (non-hydrogen) atoms. The Bertz CT molecular complexity index is 905. The Morgan fingerprint density at radius 1 is 1.24 bits per heavy atom. The molecule has 0 spiro atoms. The summed E-state index contributed by atoms with van der Waals surface area (Å²) >= 11 is 0. The molecule has 3 rings (SSSR count). The molecule has 0 fully saturated rings. The van der Waals surface area contributed by atoms with Gasteiger partial charge in [-0.25, -0.2) is 4.39 Å². The van der Waals surface area contributed by atoms with Crippen molar-refractivity contribution >= 4 is 5.91 Å². The van der Waals surface area contributed by atoms with E-state index in [1.54, 1.807) is 26.2 Å². The molecule has 128 valence electrons. The number of hydrogen-bond acceptors (Lipinski definition) is 4. The van der Waals surface area contributed by atoms with Crippen LogP contribution in [0.5, 0.6) is 5.75 Å². The van der Waals surface area contributed by atoms with E-state index < -0.39 is 5.82 Å². The molecule has 1 amide bonds. The third kappa shape index (κ3) is 3.68. The molecule has 0 saturated heterocycles. The van der Waals surface area contributed by atoms with Gasteiger partial charge in [0.2, 0.25) is 0 Å². The SMILES string of the molecule is COc1cccc(CNC(=O)c2c(-c3cccc(F)c3)noc2C)c1. The third-order valence-electron chi connectivity index (χ3n) is 3.78. The summed E-state index contributed by atoms with van der Waals surface area (Å²) < 4.78 is 23.8. The minimum Gasteiger partial charge on any atom is -0.497 e. The number of aromatic nitrogens is 1. The highest BCUT2D eigenvalue weighted by Crippen LogP contribution is 2.25. The van der Waals surface area contributed by atoms with Gasteiger partial charge in [0.05, 0.1) is 7.11 Å². The van der Waals surface area contributed by atoms with Crippen LogP contribution in [0.3, 0.4) is 0 Å². The fourth-order valence-electron chi connectivity index (χ4n) is 2.53. The lowest BCUT2D eigenvalue weighted by Gasteiger charge is -2.07. The highest BCUT2D eigenvalue weighted by Gasteiger charge is 2.21. The normalized spacial score (nSPS) is 10.5. The molecule has 0 saturated carbocycles. The Morgan fingerprint density at radius 2 is 2.04 bits per heavy atom. The molecule has 2 aromatic carbocycles. The standard InChI is InChI=1S/C19H17FN2O3/c1-12-17(18(22-25-12)14-6-4-7-15(20)10-14)19(23)21-11-13-5-3-8-16(9-13)24-2/h3-10H,11H2,1-2H3,(H,21,23). The van der Waals surface area contributed by atoms with Crippen molar-refractivity contribution < 1.29 is 18.4 Å². The van der Waals surface area contributed by atoms with Crippen LogP contribution in [0, 0.1) is 12.7 Å². The molecule has 0 atom stereocenters. The molecule has 1 N–H and O–H groups in total. The van der Waals surface area contributed by atoms with E-state index in [4.69, 9.17) is 9.26 Å². The molecule has 0 aliphatic rings. The lowest BCUT2D eigenvalue weighted by atomic mass is 10.1. The maximum Gasteiger partial charge on any atom is 0.257 e. The van der Waals surface area contributed by atoms with Crippen LogP contribution in [0.4, 0.5) is 4.39 Å². The van der Waals surface area contributed by atoms with E-state index in [9.17, 15) is 9.18 Å². The number of hydrogen-bond donors (Lipinski definition) is 1. The van der Waals surface area contributed by atoms with Crippen LogP contribution in [-0.2, 0) is 6.54 Å². The van der Waals surface area contributed by atoms with Crippen LogP contribution in [0.25, 0.3) is 11.3 Å². The second kappa shape index (κ2) is 7.17. The number of nitrogens with zero attached hydrogens (tertiary/aromatic N) is 1. The third-order valence-corrected chi connectivity index (χ3v) is 3.78. The molecule has 0 unspecified atom stereocenters. The number of methoxy groups -OCH3 is 1. The first-order valence-electron chi connectivity index (χ1n) is 7.72. The van der Waals surface area contributed by atoms with Crippen molar-refractivity contribution in [2.24, 2.45) is 0 Å². The predicted octanol–water partition coefficient (Wildman–Crippen LogP) is 3.73. The van der Waals surface area contributed by atoms with E-state index >= 15 is 0 Å². The summed E-state index contributed by atoms with van der Waals surface area (Å²) in [6.45, 7) is 1.97. The highest BCUT2D eigenvalue weighted by atomic mass is 19.1. The second-order valence-corrected chi connectivity index (χ2v) is 5.51. The van der Waals surface area contributed by atoms with Crippen LogP contribution >= 0.6 is 0 Å². The van der Waals surface area contributed by atoms with Crippen molar-refractivity contribution in [1.29, 1.82) is 0 Å². The number of carbonyl (C=O) groups excluding carboxylic acids is 1. The Hall–Kier alpha value is -3.15. The molecular weight excluding hydrogens is 323 g/mol. The highest BCUT2D eigenvalue weighted by molar-refractivity contribution is 6.00. The van der Waals surface area contributed by atoms with Crippen molar-refractivity contribution in [3.8, 4) is 17.0 Å². The van der Waals surface area contributed by atoms with E-state index in [0.29, 0.717) is 34.9 Å². The van der Waals surface area contributed by atoms with Crippen molar-refractivity contribution in [3.63, 3.8) is 0 Å². The molecule has 5 nitrogen and oxygen atoms in total. The quantitative estimate of drug-likeness (QED) is 0.769. The second-order valence-electron chi connectivity index (χ2n) is 5.51. The number of amides is 1. The van der Waals surface area contributed by atoms with E-state index in [0.717, 1.165) is 5.56 Å². The summed E-state index contributed by atoms with van der Waals surface area (Å²) in [5, 5.41) is 6.74. The molecule has 3 aromatic rings. The van der Waals surface area contributed by atoms with Gasteiger partial charge in [-0.15, -0.1) is 0 Å². The molecule has 1 heterocycles. The van der Waals surface area contributed by atoms with Crippen LogP contribution < -0.4 is 10.1 Å². The minimum absolute atomic E-state index is 0.300. The van der Waals surface area contributed by atoms with Crippen molar-refractivity contribution in [2.75, 3.05) is 7.11 Å². The number of carbonyl (C=O) groups is 1. The number of halogens is 1. The summed E-state index contributed by atoms with van der Waals surface area (Å²) in [6.07, 6.45) is 0. The summed E-state index contributed by atoms with van der Waals surface area (Å²) in [5.41, 5.74) is 2.01. The summed E-state index contributed by atoms with van der Waals surface area (Å²) in [4.78, 5) is 12.6. The average molecular weight is 340 g/mol. The maximum atomic E-state index is 13.5. The van der Waals surface area contributed by atoms with Gasteiger partial charge in [-0.05, 0) is 36.8 Å². The Kier molecular flexibility index (Phi) is 4.79. The van der Waals surface area contributed by atoms with Gasteiger partial charge in [0, 0.05) is 12.1 Å². The zero-order chi connectivity index (χ0) is 17.8. The zero-order valence-corrected chi connectivity index (χ0v) is 13.9. The van der Waals surface area contributed by atoms with Crippen LogP contribution in [0.2, 0.25) is 0 Å². The minimum atomic E-state index is -0.402. The fourth-order valence-corrected chi connectivity index (χ4v) is 2.53. The molecule has 1 aromatic heterocycles. The number of aryl methyl sites for hydroxylation is 1. The topological polar surface area (TPSA) is 64.4 Å². The van der Waals surface area contributed by atoms with Crippen molar-refractivity contribution in [3.05, 3.63) is 71.2 Å². The summed E-state index contributed by atoms with van der Waals surface area (Å²) in [6, 6.07) is 13.3. The number of benzene rings is 2. The predicted molar refractivity (Wildman–Crippen MR) is 90.8 cm³/mol. The van der Waals surface area contributed by atoms with Crippen molar-refractivity contribution in [1.82, 2.24) is 10.5 Å².